The monoisotopic (exact) mass is 888 g/mol. The summed E-state index contributed by atoms with van der Waals surface area (Å²) in [6, 6.07) is 34.2. The van der Waals surface area contributed by atoms with Crippen LogP contribution in [0.25, 0.3) is 5.57 Å². The average molecular weight is 890 g/mol. The van der Waals surface area contributed by atoms with Crippen molar-refractivity contribution in [2.24, 2.45) is 0 Å². The molecule has 0 saturated carbocycles. The number of halogens is 3. The Morgan fingerprint density at radius 1 is 0.397 bits per heavy atom. The minimum Gasteiger partial charge on any atom is -1.00 e. The molecule has 0 amide bonds. The maximum Gasteiger partial charge on any atom is 4.00 e. The van der Waals surface area contributed by atoms with Gasteiger partial charge in [0.25, 0.3) is 0 Å². The van der Waals surface area contributed by atoms with E-state index in [2.05, 4.69) is 222 Å². The van der Waals surface area contributed by atoms with E-state index in [1.807, 2.05) is 0 Å². The molecule has 4 aromatic carbocycles. The average Bonchev–Trinajstić information content (AvgIpc) is 3.53. The topological polar surface area (TPSA) is 0 Å². The smallest absolute Gasteiger partial charge is 1.00 e. The van der Waals surface area contributed by atoms with Gasteiger partial charge in [-0.3, -0.25) is 0 Å². The van der Waals surface area contributed by atoms with Crippen molar-refractivity contribution in [2.45, 2.75) is 164 Å². The second-order valence-corrected chi connectivity index (χ2v) is 26.3. The van der Waals surface area contributed by atoms with Crippen LogP contribution in [-0.4, -0.2) is 8.07 Å². The summed E-state index contributed by atoms with van der Waals surface area (Å²) in [5.74, 6) is 0. The van der Waals surface area contributed by atoms with Crippen molar-refractivity contribution >= 4 is 29.2 Å². The van der Waals surface area contributed by atoms with Crippen molar-refractivity contribution in [3.63, 3.8) is 0 Å². The molecule has 0 aliphatic heterocycles. The normalized spacial score (nSPS) is 14.0. The van der Waals surface area contributed by atoms with E-state index in [1.54, 1.807) is 0 Å². The van der Waals surface area contributed by atoms with E-state index in [1.165, 1.54) is 65.3 Å². The summed E-state index contributed by atoms with van der Waals surface area (Å²) in [7, 11) is -3.07. The van der Waals surface area contributed by atoms with Crippen LogP contribution in [0.2, 0.25) is 0 Å². The van der Waals surface area contributed by atoms with Gasteiger partial charge in [-0.25, -0.2) is 0 Å². The number of benzene rings is 4. The molecule has 1 aliphatic carbocycles. The van der Waals surface area contributed by atoms with Gasteiger partial charge in [-0.2, -0.15) is 17.7 Å². The molecule has 0 radical (unpaired) electrons. The summed E-state index contributed by atoms with van der Waals surface area (Å²) in [4.78, 5) is 0. The van der Waals surface area contributed by atoms with Crippen LogP contribution in [0.5, 0.6) is 0 Å². The van der Waals surface area contributed by atoms with E-state index in [4.69, 9.17) is 0 Å². The van der Waals surface area contributed by atoms with Crippen molar-refractivity contribution < 1.29 is 58.9 Å². The van der Waals surface area contributed by atoms with E-state index in [9.17, 15) is 0 Å². The standard InChI is InChI=1S/C53H71Si.3ClH.Ti/c1-48(2,3)38-27-39(49(4,5)6)31-45(30-38)54(44-25-24-37(26-44)36-22-20-19-21-23-36,46-32-40(50(7,8)9)28-41(33-46)51(10,11)12)47-34-42(52(13,14)15)29-43(35-47)53(16,17)18;;;;/h19-24,27-35H,25H2,1-18H3;3*1H;/q-1;;;;+4/p-3. The third kappa shape index (κ3) is 11.5. The number of rotatable bonds is 5. The Morgan fingerprint density at radius 2 is 0.655 bits per heavy atom. The Kier molecular flexibility index (Phi) is 17.4. The Balaban J connectivity index is 0.00000420. The van der Waals surface area contributed by atoms with Crippen molar-refractivity contribution in [3.8, 4) is 0 Å². The first-order valence-electron chi connectivity index (χ1n) is 20.4. The van der Waals surface area contributed by atoms with Crippen LogP contribution < -0.4 is 52.8 Å². The molecule has 4 aromatic rings. The quantitative estimate of drug-likeness (QED) is 0.163. The largest absolute Gasteiger partial charge is 4.00 e. The first-order chi connectivity index (χ1) is 24.5. The second kappa shape index (κ2) is 18.6. The summed E-state index contributed by atoms with van der Waals surface area (Å²) in [5.41, 5.74) is 10.8. The molecule has 0 unspecified atom stereocenters. The van der Waals surface area contributed by atoms with Crippen LogP contribution >= 0.6 is 0 Å². The van der Waals surface area contributed by atoms with Gasteiger partial charge in [0.15, 0.2) is 8.07 Å². The molecular formula is C53H71Cl3SiTi. The fourth-order valence-electron chi connectivity index (χ4n) is 7.68. The van der Waals surface area contributed by atoms with Crippen LogP contribution in [0.15, 0.2) is 96.2 Å². The van der Waals surface area contributed by atoms with Gasteiger partial charge in [0.2, 0.25) is 0 Å². The SMILES string of the molecule is CC(C)(C)c1cc(C(C)(C)C)cc([Si](C2=[C-]C(c3ccccc3)=CC2)(c2cc(C(C)(C)C)cc(C(C)(C)C)c2)c2cc(C(C)(C)C)cc(C(C)(C)C)c2)c1.[Cl-].[Cl-].[Cl-].[Ti+4]. The first-order valence-corrected chi connectivity index (χ1v) is 22.4. The minimum absolute atomic E-state index is 0. The number of hydrogen-bond acceptors (Lipinski definition) is 0. The molecule has 0 spiro atoms. The fourth-order valence-corrected chi connectivity index (χ4v) is 12.7. The zero-order valence-corrected chi connectivity index (χ0v) is 43.8. The molecule has 0 heterocycles. The molecule has 1 aliphatic rings. The predicted molar refractivity (Wildman–Crippen MR) is 242 cm³/mol. The second-order valence-electron chi connectivity index (χ2n) is 22.4. The first kappa shape index (κ1) is 54.2. The molecule has 0 atom stereocenters. The third-order valence-corrected chi connectivity index (χ3v) is 16.3. The number of hydrogen-bond donors (Lipinski definition) is 0. The van der Waals surface area contributed by atoms with Gasteiger partial charge in [-0.1, -0.05) is 204 Å². The number of allylic oxidation sites excluding steroid dienone is 4. The van der Waals surface area contributed by atoms with Crippen LogP contribution in [0.4, 0.5) is 0 Å². The summed E-state index contributed by atoms with van der Waals surface area (Å²) < 4.78 is 0. The van der Waals surface area contributed by atoms with Crippen LogP contribution in [0.1, 0.15) is 170 Å². The van der Waals surface area contributed by atoms with Crippen LogP contribution in [0.3, 0.4) is 0 Å². The Morgan fingerprint density at radius 3 is 0.897 bits per heavy atom. The van der Waals surface area contributed by atoms with E-state index in [0.717, 1.165) is 6.42 Å². The van der Waals surface area contributed by atoms with E-state index >= 15 is 0 Å². The van der Waals surface area contributed by atoms with Crippen LogP contribution in [-0.2, 0) is 54.2 Å². The molecule has 0 saturated heterocycles. The summed E-state index contributed by atoms with van der Waals surface area (Å²) >= 11 is 0. The van der Waals surface area contributed by atoms with Crippen LogP contribution in [0, 0.1) is 6.08 Å². The van der Waals surface area contributed by atoms with Crippen molar-refractivity contribution in [3.05, 3.63) is 141 Å². The molecule has 58 heavy (non-hydrogen) atoms. The molecule has 5 rings (SSSR count). The minimum atomic E-state index is -3.07. The zero-order valence-electron chi connectivity index (χ0n) is 39.0. The van der Waals surface area contributed by atoms with Gasteiger partial charge in [0.05, 0.1) is 0 Å². The third-order valence-electron chi connectivity index (χ3n) is 11.6. The van der Waals surface area contributed by atoms with Gasteiger partial charge in [0.1, 0.15) is 0 Å². The molecule has 0 N–H and O–H groups in total. The fraction of sp³-hybridized carbons (Fsp3) is 0.472. The van der Waals surface area contributed by atoms with Gasteiger partial charge in [0, 0.05) is 0 Å². The predicted octanol–water partition coefficient (Wildman–Crippen LogP) is 3.71. The zero-order chi connectivity index (χ0) is 40.4. The maximum absolute atomic E-state index is 4.23. The van der Waals surface area contributed by atoms with Gasteiger partial charge >= 0.3 is 21.7 Å². The summed E-state index contributed by atoms with van der Waals surface area (Å²) in [6.07, 6.45) is 7.58. The molecule has 0 aromatic heterocycles. The van der Waals surface area contributed by atoms with Gasteiger partial charge in [-0.15, -0.1) is 22.9 Å². The Labute approximate surface area is 390 Å². The summed E-state index contributed by atoms with van der Waals surface area (Å²) in [6.45, 7) is 42.9. The van der Waals surface area contributed by atoms with Crippen molar-refractivity contribution in [2.75, 3.05) is 0 Å². The van der Waals surface area contributed by atoms with E-state index in [0.29, 0.717) is 0 Å². The molecule has 0 nitrogen and oxygen atoms in total. The molecule has 5 heteroatoms. The Bertz CT molecular complexity index is 1800. The van der Waals surface area contributed by atoms with E-state index < -0.39 is 8.07 Å². The maximum atomic E-state index is 4.23. The van der Waals surface area contributed by atoms with Crippen molar-refractivity contribution in [1.82, 2.24) is 0 Å². The molecule has 0 bridgehead atoms. The van der Waals surface area contributed by atoms with Crippen molar-refractivity contribution in [1.29, 1.82) is 0 Å². The molecule has 0 fully saturated rings. The molecule has 312 valence electrons. The van der Waals surface area contributed by atoms with E-state index in [-0.39, 0.29) is 91.4 Å². The Hall–Kier alpha value is -1.84. The molecular weight excluding hydrogens is 819 g/mol. The summed E-state index contributed by atoms with van der Waals surface area (Å²) in [5, 5.41) is 5.87. The van der Waals surface area contributed by atoms with Gasteiger partial charge < -0.3 is 37.2 Å². The van der Waals surface area contributed by atoms with Gasteiger partial charge in [-0.05, 0) is 81.4 Å².